The number of aryl methyl sites for hydroxylation is 1. The van der Waals surface area contributed by atoms with Crippen LogP contribution >= 0.6 is 0 Å². The zero-order valence-corrected chi connectivity index (χ0v) is 17.4. The van der Waals surface area contributed by atoms with E-state index >= 15 is 0 Å². The molecular weight excluding hydrogens is 376 g/mol. The number of aromatic nitrogens is 2. The largest absolute Gasteiger partial charge is 0.497 e. The predicted molar refractivity (Wildman–Crippen MR) is 118 cm³/mol. The van der Waals surface area contributed by atoms with Crippen molar-refractivity contribution in [1.29, 1.82) is 0 Å². The molecule has 1 aliphatic rings. The number of nitrogens with two attached hydrogens (primary N) is 1. The van der Waals surface area contributed by atoms with Crippen molar-refractivity contribution in [2.24, 2.45) is 5.73 Å². The summed E-state index contributed by atoms with van der Waals surface area (Å²) < 4.78 is 5.21. The third-order valence-electron chi connectivity index (χ3n) is 5.67. The van der Waals surface area contributed by atoms with E-state index in [-0.39, 0.29) is 5.91 Å². The highest BCUT2D eigenvalue weighted by molar-refractivity contribution is 5.98. The molecule has 152 valence electrons. The van der Waals surface area contributed by atoms with Crippen LogP contribution in [0.1, 0.15) is 42.3 Å². The van der Waals surface area contributed by atoms with Crippen LogP contribution in [0.2, 0.25) is 0 Å². The zero-order chi connectivity index (χ0) is 21.3. The number of nitrogens with one attached hydrogen (secondary N) is 1. The van der Waals surface area contributed by atoms with Crippen LogP contribution in [0.3, 0.4) is 0 Å². The molecule has 0 aliphatic heterocycles. The van der Waals surface area contributed by atoms with Crippen LogP contribution in [0.25, 0.3) is 10.8 Å². The molecule has 2 aromatic heterocycles. The minimum absolute atomic E-state index is 0.321. The number of anilines is 1. The van der Waals surface area contributed by atoms with Crippen molar-refractivity contribution in [3.63, 3.8) is 0 Å². The highest BCUT2D eigenvalue weighted by atomic mass is 16.5. The smallest absolute Gasteiger partial charge is 0.229 e. The average molecular weight is 400 g/mol. The van der Waals surface area contributed by atoms with E-state index < -0.39 is 5.41 Å². The summed E-state index contributed by atoms with van der Waals surface area (Å²) in [7, 11) is 3.48. The fraction of sp³-hybridized carbons (Fsp3) is 0.292. The summed E-state index contributed by atoms with van der Waals surface area (Å²) in [4.78, 5) is 21.4. The second-order valence-electron chi connectivity index (χ2n) is 7.43. The Labute approximate surface area is 175 Å². The SMILES string of the molecule is CCc1nc(NC)c2cnc(C3(C(N)=O)CC3)cc2c1C#Cc1ccc(OC)cc1. The molecule has 0 bridgehead atoms. The fourth-order valence-electron chi connectivity index (χ4n) is 3.67. The number of hydrogen-bond acceptors (Lipinski definition) is 5. The van der Waals surface area contributed by atoms with Crippen LogP contribution < -0.4 is 15.8 Å². The van der Waals surface area contributed by atoms with Crippen LogP contribution in [0, 0.1) is 11.8 Å². The Bertz CT molecular complexity index is 1190. The molecule has 1 aromatic carbocycles. The Balaban J connectivity index is 1.90. The first-order valence-corrected chi connectivity index (χ1v) is 9.99. The lowest BCUT2D eigenvalue weighted by molar-refractivity contribution is -0.120. The van der Waals surface area contributed by atoms with Gasteiger partial charge in [0.25, 0.3) is 0 Å². The summed E-state index contributed by atoms with van der Waals surface area (Å²) in [6.45, 7) is 2.06. The third kappa shape index (κ3) is 3.33. The maximum Gasteiger partial charge on any atom is 0.229 e. The van der Waals surface area contributed by atoms with Gasteiger partial charge in [-0.1, -0.05) is 18.8 Å². The topological polar surface area (TPSA) is 90.1 Å². The number of benzene rings is 1. The van der Waals surface area contributed by atoms with Crippen LogP contribution in [-0.4, -0.2) is 30.0 Å². The van der Waals surface area contributed by atoms with Crippen molar-refractivity contribution in [3.8, 4) is 17.6 Å². The molecule has 1 fully saturated rings. The zero-order valence-electron chi connectivity index (χ0n) is 17.4. The molecule has 3 aromatic rings. The molecule has 6 heteroatoms. The van der Waals surface area contributed by atoms with Crippen molar-refractivity contribution in [2.45, 2.75) is 31.6 Å². The summed E-state index contributed by atoms with van der Waals surface area (Å²) in [6.07, 6.45) is 3.97. The number of carbonyl (C=O) groups excluding carboxylic acids is 1. The van der Waals surface area contributed by atoms with E-state index in [9.17, 15) is 4.79 Å². The van der Waals surface area contributed by atoms with Crippen LogP contribution in [-0.2, 0) is 16.6 Å². The molecule has 0 saturated heterocycles. The molecule has 1 aliphatic carbocycles. The standard InChI is InChI=1S/C24H24N4O2/c1-4-20-17(10-7-15-5-8-16(30-3)9-6-15)18-13-21(24(11-12-24)23(25)29)27-14-19(18)22(26-2)28-20/h5-6,8-9,13-14H,4,11-12H2,1-3H3,(H2,25,29)(H,26,28). The second kappa shape index (κ2) is 7.68. The average Bonchev–Trinajstić information content (AvgIpc) is 3.59. The molecule has 1 saturated carbocycles. The van der Waals surface area contributed by atoms with Gasteiger partial charge in [-0.2, -0.15) is 0 Å². The van der Waals surface area contributed by atoms with Crippen LogP contribution in [0.15, 0.2) is 36.5 Å². The monoisotopic (exact) mass is 400 g/mol. The van der Waals surface area contributed by atoms with Gasteiger partial charge in [-0.15, -0.1) is 0 Å². The minimum Gasteiger partial charge on any atom is -0.497 e. The predicted octanol–water partition coefficient (Wildman–Crippen LogP) is 3.16. The Hall–Kier alpha value is -3.59. The molecule has 4 rings (SSSR count). The maximum absolute atomic E-state index is 12.0. The van der Waals surface area contributed by atoms with Crippen molar-refractivity contribution in [3.05, 3.63) is 59.0 Å². The lowest BCUT2D eigenvalue weighted by atomic mass is 9.96. The highest BCUT2D eigenvalue weighted by Crippen LogP contribution is 2.47. The van der Waals surface area contributed by atoms with Gasteiger partial charge in [-0.25, -0.2) is 4.98 Å². The molecule has 3 N–H and O–H groups in total. The van der Waals surface area contributed by atoms with E-state index in [1.807, 2.05) is 37.4 Å². The summed E-state index contributed by atoms with van der Waals surface area (Å²) in [5.74, 6) is 7.77. The van der Waals surface area contributed by atoms with Crippen molar-refractivity contribution < 1.29 is 9.53 Å². The van der Waals surface area contributed by atoms with Crippen molar-refractivity contribution >= 4 is 22.5 Å². The quantitative estimate of drug-likeness (QED) is 0.642. The lowest BCUT2D eigenvalue weighted by Gasteiger charge is -2.15. The normalized spacial score (nSPS) is 14.0. The Kier molecular flexibility index (Phi) is 5.04. The molecule has 0 spiro atoms. The highest BCUT2D eigenvalue weighted by Gasteiger charge is 2.51. The molecule has 0 atom stereocenters. The Morgan fingerprint density at radius 1 is 1.23 bits per heavy atom. The third-order valence-corrected chi connectivity index (χ3v) is 5.67. The van der Waals surface area contributed by atoms with Gasteiger partial charge in [0.15, 0.2) is 0 Å². The molecular formula is C24H24N4O2. The van der Waals surface area contributed by atoms with Gasteiger partial charge >= 0.3 is 0 Å². The molecule has 6 nitrogen and oxygen atoms in total. The molecule has 30 heavy (non-hydrogen) atoms. The minimum atomic E-state index is -0.648. The van der Waals surface area contributed by atoms with Crippen molar-refractivity contribution in [2.75, 3.05) is 19.5 Å². The lowest BCUT2D eigenvalue weighted by Crippen LogP contribution is -2.29. The number of amides is 1. The second-order valence-corrected chi connectivity index (χ2v) is 7.43. The first-order valence-electron chi connectivity index (χ1n) is 9.99. The van der Waals surface area contributed by atoms with Gasteiger partial charge in [0.1, 0.15) is 11.6 Å². The van der Waals surface area contributed by atoms with E-state index in [2.05, 4.69) is 29.1 Å². The fourth-order valence-corrected chi connectivity index (χ4v) is 3.67. The number of rotatable bonds is 5. The van der Waals surface area contributed by atoms with E-state index in [0.717, 1.165) is 58.4 Å². The number of ether oxygens (including phenoxy) is 1. The Morgan fingerprint density at radius 2 is 1.97 bits per heavy atom. The van der Waals surface area contributed by atoms with Gasteiger partial charge in [-0.3, -0.25) is 9.78 Å². The number of pyridine rings is 2. The van der Waals surface area contributed by atoms with Gasteiger partial charge in [0.05, 0.1) is 29.5 Å². The number of carbonyl (C=O) groups is 1. The number of primary amides is 1. The molecule has 0 radical (unpaired) electrons. The van der Waals surface area contributed by atoms with Gasteiger partial charge in [0, 0.05) is 29.6 Å². The number of nitrogens with zero attached hydrogens (tertiary/aromatic N) is 2. The Morgan fingerprint density at radius 3 is 2.53 bits per heavy atom. The van der Waals surface area contributed by atoms with E-state index in [4.69, 9.17) is 15.5 Å². The van der Waals surface area contributed by atoms with Gasteiger partial charge < -0.3 is 15.8 Å². The van der Waals surface area contributed by atoms with Crippen molar-refractivity contribution in [1.82, 2.24) is 9.97 Å². The summed E-state index contributed by atoms with van der Waals surface area (Å²) >= 11 is 0. The number of methoxy groups -OCH3 is 1. The number of fused-ring (bicyclic) bond motifs is 1. The first kappa shape index (κ1) is 19.7. The number of hydrogen-bond donors (Lipinski definition) is 2. The van der Waals surface area contributed by atoms with Gasteiger partial charge in [-0.05, 0) is 49.6 Å². The van der Waals surface area contributed by atoms with E-state index in [1.54, 1.807) is 13.3 Å². The summed E-state index contributed by atoms with van der Waals surface area (Å²) in [6, 6.07) is 9.59. The van der Waals surface area contributed by atoms with Crippen LogP contribution in [0.5, 0.6) is 5.75 Å². The molecule has 2 heterocycles. The first-order chi connectivity index (χ1) is 14.5. The van der Waals surface area contributed by atoms with Gasteiger partial charge in [0.2, 0.25) is 5.91 Å². The molecule has 0 unspecified atom stereocenters. The van der Waals surface area contributed by atoms with Crippen LogP contribution in [0.4, 0.5) is 5.82 Å². The maximum atomic E-state index is 12.0. The van der Waals surface area contributed by atoms with E-state index in [1.165, 1.54) is 0 Å². The summed E-state index contributed by atoms with van der Waals surface area (Å²) in [5.41, 5.74) is 8.37. The van der Waals surface area contributed by atoms with E-state index in [0.29, 0.717) is 5.69 Å². The molecule has 1 amide bonds. The summed E-state index contributed by atoms with van der Waals surface area (Å²) in [5, 5.41) is 4.96.